The number of nitrogens with zero attached hydrogens (tertiary/aromatic N) is 2. The van der Waals surface area contributed by atoms with Crippen LogP contribution in [-0.4, -0.2) is 0 Å². The lowest BCUT2D eigenvalue weighted by Gasteiger charge is -2.30. The topological polar surface area (TPSA) is 6.48 Å². The fraction of sp³-hybridized carbons (Fsp3) is 0.160. The van der Waals surface area contributed by atoms with Crippen LogP contribution < -0.4 is 9.80 Å². The third-order valence-corrected chi connectivity index (χ3v) is 10.9. The standard InChI is InChI=1S/C50H46N2/c1-31-9-17-39(18-10-31)51(40-19-11-32(2)12-20-40)49-29-45-44-26-36(6)38(8)28-48(44)50(30-46(45)43-25-35(5)37(7)27-47(43)49)52(41-21-13-33(3)14-22-41)42-23-15-34(4)16-24-42/h9-30H,1-8H3. The van der Waals surface area contributed by atoms with E-state index >= 15 is 0 Å². The molecule has 2 heteroatoms. The summed E-state index contributed by atoms with van der Waals surface area (Å²) in [5, 5.41) is 7.50. The van der Waals surface area contributed by atoms with Gasteiger partial charge in [0, 0.05) is 33.5 Å². The molecule has 0 amide bonds. The molecular weight excluding hydrogens is 629 g/mol. The predicted molar refractivity (Wildman–Crippen MR) is 226 cm³/mol. The van der Waals surface area contributed by atoms with Gasteiger partial charge in [0.2, 0.25) is 0 Å². The Kier molecular flexibility index (Phi) is 8.35. The Balaban J connectivity index is 1.53. The fourth-order valence-corrected chi connectivity index (χ4v) is 7.53. The van der Waals surface area contributed by atoms with Crippen molar-refractivity contribution in [2.24, 2.45) is 0 Å². The van der Waals surface area contributed by atoms with Gasteiger partial charge in [0.15, 0.2) is 0 Å². The molecule has 0 saturated carbocycles. The molecular formula is C50H46N2. The summed E-state index contributed by atoms with van der Waals surface area (Å²) < 4.78 is 0. The summed E-state index contributed by atoms with van der Waals surface area (Å²) in [6.45, 7) is 17.6. The first-order valence-corrected chi connectivity index (χ1v) is 18.3. The molecule has 8 aromatic rings. The maximum Gasteiger partial charge on any atom is 0.0546 e. The number of hydrogen-bond donors (Lipinski definition) is 0. The number of hydrogen-bond acceptors (Lipinski definition) is 2. The normalized spacial score (nSPS) is 11.5. The average molecular weight is 675 g/mol. The van der Waals surface area contributed by atoms with Gasteiger partial charge in [-0.25, -0.2) is 0 Å². The van der Waals surface area contributed by atoms with Gasteiger partial charge >= 0.3 is 0 Å². The van der Waals surface area contributed by atoms with E-state index in [2.05, 4.69) is 199 Å². The summed E-state index contributed by atoms with van der Waals surface area (Å²) in [4.78, 5) is 4.89. The molecule has 0 bridgehead atoms. The largest absolute Gasteiger partial charge is 0.310 e. The van der Waals surface area contributed by atoms with Gasteiger partial charge in [0.1, 0.15) is 0 Å². The first-order chi connectivity index (χ1) is 25.0. The van der Waals surface area contributed by atoms with Crippen LogP contribution in [0, 0.1) is 55.4 Å². The molecule has 0 saturated heterocycles. The number of aryl methyl sites for hydroxylation is 8. The second kappa shape index (κ2) is 13.0. The van der Waals surface area contributed by atoms with Crippen LogP contribution in [0.5, 0.6) is 0 Å². The van der Waals surface area contributed by atoms with E-state index < -0.39 is 0 Å². The SMILES string of the molecule is Cc1ccc(N(c2ccc(C)cc2)c2cc3c4cc(C)c(C)cc4c(N(c4ccc(C)cc4)c4ccc(C)cc4)cc3c3cc(C)c(C)cc23)cc1. The van der Waals surface area contributed by atoms with Crippen molar-refractivity contribution in [3.05, 3.63) is 178 Å². The fourth-order valence-electron chi connectivity index (χ4n) is 7.53. The Hall–Kier alpha value is -5.86. The number of benzene rings is 8. The third-order valence-electron chi connectivity index (χ3n) is 10.9. The molecule has 0 radical (unpaired) electrons. The van der Waals surface area contributed by atoms with Gasteiger partial charge in [0.05, 0.1) is 11.4 Å². The van der Waals surface area contributed by atoms with Crippen LogP contribution in [0.2, 0.25) is 0 Å². The van der Waals surface area contributed by atoms with Crippen molar-refractivity contribution in [2.75, 3.05) is 9.80 Å². The molecule has 256 valence electrons. The van der Waals surface area contributed by atoms with Crippen LogP contribution in [0.15, 0.2) is 133 Å². The van der Waals surface area contributed by atoms with E-state index in [4.69, 9.17) is 0 Å². The minimum Gasteiger partial charge on any atom is -0.310 e. The van der Waals surface area contributed by atoms with Crippen LogP contribution in [0.25, 0.3) is 32.3 Å². The second-order valence-corrected chi connectivity index (χ2v) is 14.9. The number of fused-ring (bicyclic) bond motifs is 5. The quantitative estimate of drug-likeness (QED) is 0.162. The molecule has 0 aromatic heterocycles. The Bertz CT molecular complexity index is 2330. The predicted octanol–water partition coefficient (Wildman–Crippen LogP) is 14.6. The molecule has 0 unspecified atom stereocenters. The summed E-state index contributed by atoms with van der Waals surface area (Å²) in [6, 6.07) is 50.3. The first kappa shape index (κ1) is 33.3. The monoisotopic (exact) mass is 674 g/mol. The highest BCUT2D eigenvalue weighted by Crippen LogP contribution is 2.48. The maximum atomic E-state index is 2.45. The Morgan fingerprint density at radius 1 is 0.250 bits per heavy atom. The molecule has 52 heavy (non-hydrogen) atoms. The highest BCUT2D eigenvalue weighted by atomic mass is 15.1. The van der Waals surface area contributed by atoms with Crippen molar-refractivity contribution >= 4 is 66.4 Å². The van der Waals surface area contributed by atoms with Gasteiger partial charge < -0.3 is 9.80 Å². The van der Waals surface area contributed by atoms with E-state index in [1.165, 1.54) is 88.2 Å². The Labute approximate surface area is 308 Å². The van der Waals surface area contributed by atoms with Gasteiger partial charge in [-0.15, -0.1) is 0 Å². The van der Waals surface area contributed by atoms with Crippen LogP contribution >= 0.6 is 0 Å². The van der Waals surface area contributed by atoms with E-state index in [-0.39, 0.29) is 0 Å². The second-order valence-electron chi connectivity index (χ2n) is 14.9. The summed E-state index contributed by atoms with van der Waals surface area (Å²) in [6.07, 6.45) is 0. The van der Waals surface area contributed by atoms with Crippen LogP contribution in [-0.2, 0) is 0 Å². The van der Waals surface area contributed by atoms with E-state index in [0.717, 1.165) is 22.7 Å². The Morgan fingerprint density at radius 2 is 0.462 bits per heavy atom. The van der Waals surface area contributed by atoms with E-state index in [1.54, 1.807) is 0 Å². The lowest BCUT2D eigenvalue weighted by atomic mass is 9.90. The zero-order valence-corrected chi connectivity index (χ0v) is 31.6. The maximum absolute atomic E-state index is 2.45. The van der Waals surface area contributed by atoms with Crippen molar-refractivity contribution in [2.45, 2.75) is 55.4 Å². The zero-order valence-electron chi connectivity index (χ0n) is 31.6. The molecule has 0 N–H and O–H groups in total. The van der Waals surface area contributed by atoms with Gasteiger partial charge in [-0.3, -0.25) is 0 Å². The Morgan fingerprint density at radius 3 is 0.712 bits per heavy atom. The molecule has 0 atom stereocenters. The first-order valence-electron chi connectivity index (χ1n) is 18.3. The highest BCUT2D eigenvalue weighted by molar-refractivity contribution is 6.25. The minimum absolute atomic E-state index is 1.14. The van der Waals surface area contributed by atoms with Crippen molar-refractivity contribution < 1.29 is 0 Å². The van der Waals surface area contributed by atoms with Crippen LogP contribution in [0.1, 0.15) is 44.5 Å². The van der Waals surface area contributed by atoms with Gasteiger partial charge in [-0.2, -0.15) is 0 Å². The molecule has 8 aromatic carbocycles. The minimum atomic E-state index is 1.14. The molecule has 0 aliphatic carbocycles. The van der Waals surface area contributed by atoms with Crippen molar-refractivity contribution in [3.63, 3.8) is 0 Å². The third kappa shape index (κ3) is 5.89. The summed E-state index contributed by atoms with van der Waals surface area (Å²) in [5.41, 5.74) is 17.1. The average Bonchev–Trinajstić information content (AvgIpc) is 3.13. The molecule has 0 aliphatic heterocycles. The molecule has 0 spiro atoms. The van der Waals surface area contributed by atoms with Crippen LogP contribution in [0.3, 0.4) is 0 Å². The van der Waals surface area contributed by atoms with E-state index in [9.17, 15) is 0 Å². The smallest absolute Gasteiger partial charge is 0.0546 e. The van der Waals surface area contributed by atoms with Gasteiger partial charge in [-0.1, -0.05) is 82.9 Å². The lowest BCUT2D eigenvalue weighted by molar-refractivity contribution is 1.27. The van der Waals surface area contributed by atoms with Crippen molar-refractivity contribution in [3.8, 4) is 0 Å². The molecule has 8 rings (SSSR count). The van der Waals surface area contributed by atoms with E-state index in [0.29, 0.717) is 0 Å². The van der Waals surface area contributed by atoms with Crippen molar-refractivity contribution in [1.82, 2.24) is 0 Å². The molecule has 0 aliphatic rings. The highest BCUT2D eigenvalue weighted by Gasteiger charge is 2.23. The van der Waals surface area contributed by atoms with E-state index in [1.807, 2.05) is 0 Å². The summed E-state index contributed by atoms with van der Waals surface area (Å²) >= 11 is 0. The summed E-state index contributed by atoms with van der Waals surface area (Å²) in [7, 11) is 0. The van der Waals surface area contributed by atoms with Crippen molar-refractivity contribution in [1.29, 1.82) is 0 Å². The molecule has 0 fully saturated rings. The van der Waals surface area contributed by atoms with Gasteiger partial charge in [0.25, 0.3) is 0 Å². The zero-order chi connectivity index (χ0) is 36.3. The van der Waals surface area contributed by atoms with Crippen LogP contribution in [0.4, 0.5) is 34.1 Å². The number of rotatable bonds is 6. The number of anilines is 6. The lowest BCUT2D eigenvalue weighted by Crippen LogP contribution is -2.12. The summed E-state index contributed by atoms with van der Waals surface area (Å²) in [5.74, 6) is 0. The molecule has 0 heterocycles. The van der Waals surface area contributed by atoms with Gasteiger partial charge in [-0.05, 0) is 172 Å². The molecule has 2 nitrogen and oxygen atoms in total.